The topological polar surface area (TPSA) is 43.4 Å². The van der Waals surface area contributed by atoms with E-state index < -0.39 is 0 Å². The van der Waals surface area contributed by atoms with E-state index in [1.807, 2.05) is 11.4 Å². The number of para-hydroxylation sites is 1. The summed E-state index contributed by atoms with van der Waals surface area (Å²) in [6.45, 7) is 4.12. The normalized spacial score (nSPS) is 14.6. The van der Waals surface area contributed by atoms with E-state index in [9.17, 15) is 4.39 Å². The monoisotopic (exact) mass is 370 g/mol. The van der Waals surface area contributed by atoms with Crippen LogP contribution in [-0.2, 0) is 6.42 Å². The predicted molar refractivity (Wildman–Crippen MR) is 102 cm³/mol. The molecule has 0 bridgehead atoms. The van der Waals surface area contributed by atoms with Gasteiger partial charge in [-0.1, -0.05) is 12.1 Å². The van der Waals surface area contributed by atoms with Crippen molar-refractivity contribution in [2.75, 3.05) is 12.4 Å². The van der Waals surface area contributed by atoms with Crippen molar-refractivity contribution in [2.45, 2.75) is 25.9 Å². The minimum absolute atomic E-state index is 0.242. The summed E-state index contributed by atoms with van der Waals surface area (Å²) < 4.78 is 25.3. The van der Waals surface area contributed by atoms with E-state index in [-0.39, 0.29) is 11.4 Å². The Bertz CT molecular complexity index is 968. The maximum absolute atomic E-state index is 13.8. The van der Waals surface area contributed by atoms with Gasteiger partial charge >= 0.3 is 0 Å². The number of nitrogens with zero attached hydrogens (tertiary/aromatic N) is 1. The first-order chi connectivity index (χ1) is 12.4. The second-order valence-electron chi connectivity index (χ2n) is 6.85. The van der Waals surface area contributed by atoms with Gasteiger partial charge in [0.25, 0.3) is 0 Å². The summed E-state index contributed by atoms with van der Waals surface area (Å²) in [7, 11) is 1.64. The number of halogens is 1. The molecule has 0 atom stereocenters. The molecule has 0 saturated heterocycles. The van der Waals surface area contributed by atoms with E-state index in [0.717, 1.165) is 29.0 Å². The molecule has 26 heavy (non-hydrogen) atoms. The van der Waals surface area contributed by atoms with Gasteiger partial charge in [-0.15, -0.1) is 11.3 Å². The summed E-state index contributed by atoms with van der Waals surface area (Å²) in [5.41, 5.74) is 3.06. The lowest BCUT2D eigenvalue weighted by atomic mass is 9.99. The highest BCUT2D eigenvalue weighted by atomic mass is 32.1. The minimum Gasteiger partial charge on any atom is -0.493 e. The van der Waals surface area contributed by atoms with Crippen LogP contribution >= 0.6 is 11.3 Å². The first-order valence-corrected chi connectivity index (χ1v) is 9.20. The number of anilines is 2. The molecule has 3 aromatic rings. The van der Waals surface area contributed by atoms with Gasteiger partial charge < -0.3 is 14.8 Å². The summed E-state index contributed by atoms with van der Waals surface area (Å²) in [5, 5.41) is 5.62. The van der Waals surface area contributed by atoms with Crippen molar-refractivity contribution in [2.24, 2.45) is 0 Å². The number of methoxy groups -OCH3 is 1. The summed E-state index contributed by atoms with van der Waals surface area (Å²) in [6.07, 6.45) is 0.816. The van der Waals surface area contributed by atoms with Crippen LogP contribution in [0, 0.1) is 5.82 Å². The fourth-order valence-electron chi connectivity index (χ4n) is 3.12. The highest BCUT2D eigenvalue weighted by molar-refractivity contribution is 7.14. The molecule has 1 aromatic heterocycles. The molecule has 6 heteroatoms. The van der Waals surface area contributed by atoms with E-state index in [1.165, 1.54) is 17.4 Å². The molecule has 4 rings (SSSR count). The lowest BCUT2D eigenvalue weighted by Crippen LogP contribution is -2.24. The lowest BCUT2D eigenvalue weighted by Gasteiger charge is -2.17. The first-order valence-electron chi connectivity index (χ1n) is 8.32. The second-order valence-corrected chi connectivity index (χ2v) is 7.71. The van der Waals surface area contributed by atoms with Crippen LogP contribution in [0.25, 0.3) is 11.3 Å². The maximum Gasteiger partial charge on any atom is 0.187 e. The zero-order chi connectivity index (χ0) is 18.3. The van der Waals surface area contributed by atoms with E-state index in [2.05, 4.69) is 30.2 Å². The van der Waals surface area contributed by atoms with Crippen LogP contribution in [0.5, 0.6) is 11.5 Å². The van der Waals surface area contributed by atoms with E-state index in [1.54, 1.807) is 25.3 Å². The van der Waals surface area contributed by atoms with Gasteiger partial charge in [-0.2, -0.15) is 0 Å². The van der Waals surface area contributed by atoms with E-state index >= 15 is 0 Å². The van der Waals surface area contributed by atoms with Crippen molar-refractivity contribution in [1.29, 1.82) is 0 Å². The van der Waals surface area contributed by atoms with Crippen molar-refractivity contribution >= 4 is 22.2 Å². The minimum atomic E-state index is -0.303. The van der Waals surface area contributed by atoms with Crippen LogP contribution in [0.2, 0.25) is 0 Å². The molecule has 0 spiro atoms. The number of rotatable bonds is 4. The van der Waals surface area contributed by atoms with Crippen LogP contribution < -0.4 is 14.8 Å². The molecule has 4 nitrogen and oxygen atoms in total. The zero-order valence-electron chi connectivity index (χ0n) is 14.8. The SMILES string of the molecule is COc1cc(-c2csc(Nc3ccccc3F)n2)cc2c1OC(C)(C)C2. The molecular weight excluding hydrogens is 351 g/mol. The lowest BCUT2D eigenvalue weighted by molar-refractivity contribution is 0.134. The largest absolute Gasteiger partial charge is 0.493 e. The van der Waals surface area contributed by atoms with Gasteiger partial charge in [0, 0.05) is 22.9 Å². The van der Waals surface area contributed by atoms with Crippen molar-refractivity contribution < 1.29 is 13.9 Å². The Kier molecular flexibility index (Phi) is 4.07. The number of hydrogen-bond acceptors (Lipinski definition) is 5. The highest BCUT2D eigenvalue weighted by Gasteiger charge is 2.33. The Morgan fingerprint density at radius 2 is 2.08 bits per heavy atom. The molecule has 0 aliphatic carbocycles. The molecule has 0 saturated carbocycles. The Labute approximate surface area is 155 Å². The van der Waals surface area contributed by atoms with Gasteiger partial charge in [-0.25, -0.2) is 9.37 Å². The van der Waals surface area contributed by atoms with Crippen LogP contribution in [0.4, 0.5) is 15.2 Å². The predicted octanol–water partition coefficient (Wildman–Crippen LogP) is 5.41. The standard InChI is InChI=1S/C20H19FN2O2S/c1-20(2)10-13-8-12(9-17(24-3)18(13)25-20)16-11-26-19(23-16)22-15-7-5-4-6-14(15)21/h4-9,11H,10H2,1-3H3,(H,22,23). The van der Waals surface area contributed by atoms with Crippen molar-refractivity contribution in [1.82, 2.24) is 4.98 Å². The van der Waals surface area contributed by atoms with Crippen LogP contribution in [0.15, 0.2) is 41.8 Å². The Morgan fingerprint density at radius 1 is 1.27 bits per heavy atom. The van der Waals surface area contributed by atoms with Crippen LogP contribution in [-0.4, -0.2) is 17.7 Å². The number of aromatic nitrogens is 1. The van der Waals surface area contributed by atoms with Gasteiger partial charge in [-0.3, -0.25) is 0 Å². The molecule has 2 aromatic carbocycles. The van der Waals surface area contributed by atoms with Gasteiger partial charge in [0.15, 0.2) is 16.6 Å². The third-order valence-corrected chi connectivity index (χ3v) is 5.02. The van der Waals surface area contributed by atoms with Gasteiger partial charge in [-0.05, 0) is 38.1 Å². The molecule has 2 heterocycles. The average molecular weight is 370 g/mol. The smallest absolute Gasteiger partial charge is 0.187 e. The van der Waals surface area contributed by atoms with Crippen LogP contribution in [0.1, 0.15) is 19.4 Å². The summed E-state index contributed by atoms with van der Waals surface area (Å²) in [4.78, 5) is 4.60. The number of hydrogen-bond donors (Lipinski definition) is 1. The Balaban J connectivity index is 1.65. The quantitative estimate of drug-likeness (QED) is 0.666. The number of thiazole rings is 1. The third-order valence-electron chi connectivity index (χ3n) is 4.26. The van der Waals surface area contributed by atoms with Gasteiger partial charge in [0.05, 0.1) is 18.5 Å². The molecule has 1 aliphatic rings. The number of benzene rings is 2. The Morgan fingerprint density at radius 3 is 2.85 bits per heavy atom. The molecule has 0 amide bonds. The fraction of sp³-hybridized carbons (Fsp3) is 0.250. The van der Waals surface area contributed by atoms with Crippen LogP contribution in [0.3, 0.4) is 0 Å². The summed E-state index contributed by atoms with van der Waals surface area (Å²) in [6, 6.07) is 10.6. The molecule has 0 unspecified atom stereocenters. The van der Waals surface area contributed by atoms with Gasteiger partial charge in [0.2, 0.25) is 0 Å². The number of fused-ring (bicyclic) bond motifs is 1. The molecule has 1 aliphatic heterocycles. The number of ether oxygens (including phenoxy) is 2. The van der Waals surface area contributed by atoms with E-state index in [0.29, 0.717) is 16.6 Å². The molecule has 134 valence electrons. The summed E-state index contributed by atoms with van der Waals surface area (Å²) >= 11 is 1.43. The van der Waals surface area contributed by atoms with Crippen molar-refractivity contribution in [3.05, 3.63) is 53.2 Å². The third kappa shape index (κ3) is 3.12. The fourth-order valence-corrected chi connectivity index (χ4v) is 3.85. The summed E-state index contributed by atoms with van der Waals surface area (Å²) in [5.74, 6) is 1.21. The van der Waals surface area contributed by atoms with Crippen molar-refractivity contribution in [3.63, 3.8) is 0 Å². The first kappa shape index (κ1) is 16.8. The highest BCUT2D eigenvalue weighted by Crippen LogP contribution is 2.44. The molecule has 0 fully saturated rings. The molecular formula is C20H19FN2O2S. The van der Waals surface area contributed by atoms with E-state index in [4.69, 9.17) is 9.47 Å². The second kappa shape index (κ2) is 6.29. The van der Waals surface area contributed by atoms with Gasteiger partial charge in [0.1, 0.15) is 11.4 Å². The zero-order valence-corrected chi connectivity index (χ0v) is 15.6. The average Bonchev–Trinajstić information content (AvgIpc) is 3.18. The Hall–Kier alpha value is -2.60. The maximum atomic E-state index is 13.8. The van der Waals surface area contributed by atoms with Crippen molar-refractivity contribution in [3.8, 4) is 22.8 Å². The molecule has 1 N–H and O–H groups in total. The molecule has 0 radical (unpaired) electrons. The number of nitrogens with one attached hydrogen (secondary N) is 1.